The summed E-state index contributed by atoms with van der Waals surface area (Å²) in [5, 5.41) is 10.7. The molecular weight excluding hydrogens is 508 g/mol. The first-order chi connectivity index (χ1) is 17.7. The number of benzene rings is 3. The molecule has 8 nitrogen and oxygen atoms in total. The minimum atomic E-state index is -3.42. The summed E-state index contributed by atoms with van der Waals surface area (Å²) in [6.07, 6.45) is 2.38. The maximum absolute atomic E-state index is 12.3. The monoisotopic (exact) mass is 540 g/mol. The molecule has 0 aliphatic rings. The zero-order valence-electron chi connectivity index (χ0n) is 20.9. The van der Waals surface area contributed by atoms with E-state index in [4.69, 9.17) is 5.73 Å². The summed E-state index contributed by atoms with van der Waals surface area (Å²) in [4.78, 5) is 24.0. The maximum atomic E-state index is 12.3. The minimum Gasteiger partial charge on any atom is -0.343 e. The van der Waals surface area contributed by atoms with Crippen molar-refractivity contribution in [1.29, 1.82) is 0 Å². The van der Waals surface area contributed by atoms with E-state index in [1.165, 1.54) is 16.3 Å². The Balaban J connectivity index is 0.000000262. The van der Waals surface area contributed by atoms with Crippen LogP contribution in [0.3, 0.4) is 0 Å². The van der Waals surface area contributed by atoms with Crippen LogP contribution in [0, 0.1) is 0 Å². The van der Waals surface area contributed by atoms with Gasteiger partial charge in [0.1, 0.15) is 6.04 Å². The summed E-state index contributed by atoms with van der Waals surface area (Å²) >= 11 is 1.55. The van der Waals surface area contributed by atoms with Crippen LogP contribution in [0.1, 0.15) is 18.1 Å². The smallest absolute Gasteiger partial charge is 0.243 e. The van der Waals surface area contributed by atoms with Gasteiger partial charge in [-0.25, -0.2) is 8.42 Å². The first-order valence-electron chi connectivity index (χ1n) is 11.8. The second kappa shape index (κ2) is 13.3. The summed E-state index contributed by atoms with van der Waals surface area (Å²) in [7, 11) is -3.42. The van der Waals surface area contributed by atoms with E-state index in [0.29, 0.717) is 0 Å². The van der Waals surface area contributed by atoms with Gasteiger partial charge in [0.2, 0.25) is 21.8 Å². The number of fused-ring (bicyclic) bond motifs is 2. The molecule has 0 aliphatic heterocycles. The molecule has 10 heteroatoms. The van der Waals surface area contributed by atoms with Gasteiger partial charge in [0.25, 0.3) is 0 Å². The number of nitrogens with one attached hydrogen (secondary N) is 3. The zero-order valence-corrected chi connectivity index (χ0v) is 22.5. The molecule has 1 aromatic heterocycles. The average Bonchev–Trinajstić information content (AvgIpc) is 3.30. The second-order valence-electron chi connectivity index (χ2n) is 8.41. The van der Waals surface area contributed by atoms with Crippen molar-refractivity contribution >= 4 is 54.0 Å². The van der Waals surface area contributed by atoms with Gasteiger partial charge in [-0.15, -0.1) is 11.3 Å². The molecule has 2 amide bonds. The number of aryl methyl sites for hydroxylation is 1. The van der Waals surface area contributed by atoms with E-state index in [9.17, 15) is 18.0 Å². The molecule has 1 heterocycles. The highest BCUT2D eigenvalue weighted by Crippen LogP contribution is 2.26. The van der Waals surface area contributed by atoms with Gasteiger partial charge in [0.15, 0.2) is 0 Å². The predicted molar refractivity (Wildman–Crippen MR) is 151 cm³/mol. The van der Waals surface area contributed by atoms with Crippen molar-refractivity contribution < 1.29 is 18.0 Å². The van der Waals surface area contributed by atoms with E-state index in [-0.39, 0.29) is 19.6 Å². The Morgan fingerprint density at radius 2 is 1.62 bits per heavy atom. The van der Waals surface area contributed by atoms with Crippen LogP contribution in [0.5, 0.6) is 0 Å². The van der Waals surface area contributed by atoms with Crippen LogP contribution in [0.2, 0.25) is 0 Å². The van der Waals surface area contributed by atoms with Crippen molar-refractivity contribution in [3.8, 4) is 0 Å². The molecule has 0 radical (unpaired) electrons. The number of amides is 2. The van der Waals surface area contributed by atoms with E-state index >= 15 is 0 Å². The molecule has 0 bridgehead atoms. The lowest BCUT2D eigenvalue weighted by molar-refractivity contribution is -0.128. The number of hydrogen-bond donors (Lipinski definition) is 4. The summed E-state index contributed by atoms with van der Waals surface area (Å²) in [6.45, 7) is 1.70. The fourth-order valence-corrected chi connectivity index (χ4v) is 5.16. The van der Waals surface area contributed by atoms with E-state index < -0.39 is 27.9 Å². The minimum absolute atomic E-state index is 0.240. The summed E-state index contributed by atoms with van der Waals surface area (Å²) in [6, 6.07) is 21.9. The number of thiophene rings is 1. The number of nitrogens with two attached hydrogens (primary N) is 1. The molecule has 0 saturated heterocycles. The van der Waals surface area contributed by atoms with Crippen LogP contribution < -0.4 is 21.1 Å². The van der Waals surface area contributed by atoms with Crippen LogP contribution in [0.25, 0.3) is 20.9 Å². The summed E-state index contributed by atoms with van der Waals surface area (Å²) in [5.74, 6) is -0.955. The fraction of sp³-hybridized carbons (Fsp3) is 0.259. The van der Waals surface area contributed by atoms with Crippen LogP contribution in [0.4, 0.5) is 0 Å². The lowest BCUT2D eigenvalue weighted by atomic mass is 10.0. The molecule has 4 rings (SSSR count). The van der Waals surface area contributed by atoms with E-state index in [2.05, 4.69) is 64.7 Å². The van der Waals surface area contributed by atoms with E-state index in [0.717, 1.165) is 28.3 Å². The second-order valence-corrected chi connectivity index (χ2v) is 11.2. The third-order valence-electron chi connectivity index (χ3n) is 5.68. The first kappa shape index (κ1) is 28.3. The Bertz CT molecular complexity index is 1460. The Morgan fingerprint density at radius 1 is 0.946 bits per heavy atom. The van der Waals surface area contributed by atoms with E-state index in [1.54, 1.807) is 11.3 Å². The Kier molecular flexibility index (Phi) is 10.2. The zero-order chi connectivity index (χ0) is 26.8. The van der Waals surface area contributed by atoms with Gasteiger partial charge in [0, 0.05) is 11.1 Å². The van der Waals surface area contributed by atoms with Crippen molar-refractivity contribution in [2.24, 2.45) is 5.73 Å². The van der Waals surface area contributed by atoms with Crippen LogP contribution >= 0.6 is 11.3 Å². The third-order valence-corrected chi connectivity index (χ3v) is 7.36. The highest BCUT2D eigenvalue weighted by atomic mass is 32.2. The van der Waals surface area contributed by atoms with Gasteiger partial charge in [-0.1, -0.05) is 67.6 Å². The summed E-state index contributed by atoms with van der Waals surface area (Å²) < 4.78 is 25.4. The number of carbonyl (C=O) groups is 2. The standard InChI is InChI=1S/C15H20N4O4S2.C12H12/c1-25(22,23)18-9-17-15(21)12(19-14(20)7-16)6-10-8-24-13-5-3-2-4-11(10)13;1-2-10-7-5-8-11-6-3-4-9-12(10)11/h2-5,8,12,18H,6-7,9,16H2,1H3,(H,17,21)(H,19,20);3-9H,2H2,1H3/t12-;/m1./s1. The molecule has 0 spiro atoms. The van der Waals surface area contributed by atoms with Crippen LogP contribution in [-0.4, -0.2) is 45.7 Å². The SMILES string of the molecule is CCc1cccc2ccccc12.CS(=O)(=O)NCNC(=O)[C@@H](Cc1csc2ccccc12)NC(=O)CN. The van der Waals surface area contributed by atoms with Gasteiger partial charge >= 0.3 is 0 Å². The molecule has 0 saturated carbocycles. The number of rotatable bonds is 9. The molecule has 3 aromatic carbocycles. The van der Waals surface area contributed by atoms with Gasteiger partial charge < -0.3 is 16.4 Å². The molecular formula is C27H32N4O4S2. The molecule has 37 heavy (non-hydrogen) atoms. The Morgan fingerprint density at radius 3 is 2.32 bits per heavy atom. The maximum Gasteiger partial charge on any atom is 0.243 e. The fourth-order valence-electron chi connectivity index (χ4n) is 3.85. The third kappa shape index (κ3) is 8.36. The summed E-state index contributed by atoms with van der Waals surface area (Å²) in [5.41, 5.74) is 7.67. The van der Waals surface area contributed by atoms with Crippen LogP contribution in [0.15, 0.2) is 72.1 Å². The van der Waals surface area contributed by atoms with Crippen molar-refractivity contribution in [1.82, 2.24) is 15.4 Å². The van der Waals surface area contributed by atoms with E-state index in [1.807, 2.05) is 29.6 Å². The molecule has 4 aromatic rings. The van der Waals surface area contributed by atoms with Gasteiger partial charge in [0.05, 0.1) is 19.5 Å². The quantitative estimate of drug-likeness (QED) is 0.243. The first-order valence-corrected chi connectivity index (χ1v) is 14.6. The normalized spacial score (nSPS) is 12.0. The van der Waals surface area contributed by atoms with Gasteiger partial charge in [-0.2, -0.15) is 4.72 Å². The largest absolute Gasteiger partial charge is 0.343 e. The average molecular weight is 541 g/mol. The lowest BCUT2D eigenvalue weighted by Gasteiger charge is -2.18. The predicted octanol–water partition coefficient (Wildman–Crippen LogP) is 2.91. The van der Waals surface area contributed by atoms with Gasteiger partial charge in [-0.05, 0) is 45.2 Å². The molecule has 5 N–H and O–H groups in total. The number of sulfonamides is 1. The van der Waals surface area contributed by atoms with Crippen molar-refractivity contribution in [2.75, 3.05) is 19.5 Å². The topological polar surface area (TPSA) is 130 Å². The highest BCUT2D eigenvalue weighted by Gasteiger charge is 2.22. The highest BCUT2D eigenvalue weighted by molar-refractivity contribution is 7.88. The molecule has 0 unspecified atom stereocenters. The Labute approximate surface area is 221 Å². The van der Waals surface area contributed by atoms with Crippen molar-refractivity contribution in [3.05, 3.63) is 83.2 Å². The Hall–Kier alpha value is -3.31. The number of hydrogen-bond acceptors (Lipinski definition) is 6. The molecule has 0 fully saturated rings. The molecule has 196 valence electrons. The molecule has 0 aliphatic carbocycles. The molecule has 1 atom stereocenters. The van der Waals surface area contributed by atoms with Crippen LogP contribution in [-0.2, 0) is 32.5 Å². The van der Waals surface area contributed by atoms with Crippen molar-refractivity contribution in [2.45, 2.75) is 25.8 Å². The number of carbonyl (C=O) groups excluding carboxylic acids is 2. The lowest BCUT2D eigenvalue weighted by Crippen LogP contribution is -2.51. The van der Waals surface area contributed by atoms with Gasteiger partial charge in [-0.3, -0.25) is 9.59 Å². The van der Waals surface area contributed by atoms with Crippen molar-refractivity contribution in [3.63, 3.8) is 0 Å².